The normalized spacial score (nSPS) is 21.3. The lowest BCUT2D eigenvalue weighted by molar-refractivity contribution is -0.152. The molecule has 0 bridgehead atoms. The first-order valence-corrected chi connectivity index (χ1v) is 5.65. The molecular formula is C12H18O3. The van der Waals surface area contributed by atoms with Gasteiger partial charge in [0.05, 0.1) is 12.3 Å². The second-order valence-corrected chi connectivity index (χ2v) is 3.88. The Kier molecular flexibility index (Phi) is 5.08. The van der Waals surface area contributed by atoms with Crippen LogP contribution in [0.15, 0.2) is 12.2 Å². The third-order valence-electron chi connectivity index (χ3n) is 2.50. The number of ether oxygens (including phenoxy) is 1. The zero-order chi connectivity index (χ0) is 11.1. The van der Waals surface area contributed by atoms with E-state index in [-0.39, 0.29) is 12.3 Å². The largest absolute Gasteiger partial charge is 0.393 e. The lowest BCUT2D eigenvalue weighted by Crippen LogP contribution is -2.03. The highest BCUT2D eigenvalue weighted by Crippen LogP contribution is 2.17. The van der Waals surface area contributed by atoms with Crippen molar-refractivity contribution in [2.45, 2.75) is 45.4 Å². The van der Waals surface area contributed by atoms with Crippen LogP contribution in [0.3, 0.4) is 0 Å². The molecule has 1 fully saturated rings. The van der Waals surface area contributed by atoms with E-state index in [4.69, 9.17) is 0 Å². The molecule has 0 saturated carbocycles. The first-order chi connectivity index (χ1) is 7.24. The van der Waals surface area contributed by atoms with E-state index in [1.165, 1.54) is 19.3 Å². The number of cyclic esters (lactones) is 2. The van der Waals surface area contributed by atoms with Crippen LogP contribution in [0, 0.1) is 5.92 Å². The summed E-state index contributed by atoms with van der Waals surface area (Å²) < 4.78 is 4.44. The third kappa shape index (κ3) is 4.28. The quantitative estimate of drug-likeness (QED) is 0.293. The van der Waals surface area contributed by atoms with Gasteiger partial charge in [0.15, 0.2) is 0 Å². The van der Waals surface area contributed by atoms with Gasteiger partial charge in [0, 0.05) is 0 Å². The first kappa shape index (κ1) is 12.0. The van der Waals surface area contributed by atoms with Gasteiger partial charge in [0.2, 0.25) is 0 Å². The lowest BCUT2D eigenvalue weighted by atomic mass is 10.1. The predicted molar refractivity (Wildman–Crippen MR) is 57.1 cm³/mol. The highest BCUT2D eigenvalue weighted by Gasteiger charge is 2.30. The van der Waals surface area contributed by atoms with Crippen molar-refractivity contribution in [1.29, 1.82) is 0 Å². The molecule has 0 spiro atoms. The summed E-state index contributed by atoms with van der Waals surface area (Å²) in [6, 6.07) is 0. The number of carbonyl (C=O) groups is 2. The molecule has 0 radical (unpaired) electrons. The Morgan fingerprint density at radius 1 is 1.33 bits per heavy atom. The van der Waals surface area contributed by atoms with E-state index in [1.54, 1.807) is 6.08 Å². The number of hydrogen-bond acceptors (Lipinski definition) is 3. The molecule has 1 rings (SSSR count). The molecule has 1 saturated heterocycles. The molecule has 0 aromatic carbocycles. The van der Waals surface area contributed by atoms with E-state index >= 15 is 0 Å². The van der Waals surface area contributed by atoms with Gasteiger partial charge >= 0.3 is 11.9 Å². The molecule has 0 aromatic heterocycles. The average Bonchev–Trinajstić information content (AvgIpc) is 2.51. The van der Waals surface area contributed by atoms with Crippen LogP contribution < -0.4 is 0 Å². The standard InChI is InChI=1S/C12H18O3/c1-2-3-4-5-6-7-8-10-9-11(13)15-12(10)14/h7-8,10H,2-6,9H2,1H3/b8-7-/t10-/m0/s1. The molecular weight excluding hydrogens is 192 g/mol. The van der Waals surface area contributed by atoms with Gasteiger partial charge in [0.25, 0.3) is 0 Å². The predicted octanol–water partition coefficient (Wildman–Crippen LogP) is 2.60. The number of allylic oxidation sites excluding steroid dienone is 1. The summed E-state index contributed by atoms with van der Waals surface area (Å²) in [5.41, 5.74) is 0. The monoisotopic (exact) mass is 210 g/mol. The summed E-state index contributed by atoms with van der Waals surface area (Å²) in [6.45, 7) is 2.18. The van der Waals surface area contributed by atoms with E-state index in [9.17, 15) is 9.59 Å². The summed E-state index contributed by atoms with van der Waals surface area (Å²) in [6.07, 6.45) is 9.86. The van der Waals surface area contributed by atoms with E-state index in [0.29, 0.717) is 0 Å². The fourth-order valence-electron chi connectivity index (χ4n) is 1.59. The van der Waals surface area contributed by atoms with Gasteiger partial charge in [-0.2, -0.15) is 0 Å². The second kappa shape index (κ2) is 6.38. The minimum atomic E-state index is -0.402. The van der Waals surface area contributed by atoms with Crippen molar-refractivity contribution < 1.29 is 14.3 Å². The van der Waals surface area contributed by atoms with Crippen LogP contribution >= 0.6 is 0 Å². The maximum Gasteiger partial charge on any atom is 0.321 e. The van der Waals surface area contributed by atoms with Crippen LogP contribution in [0.25, 0.3) is 0 Å². The molecule has 0 amide bonds. The van der Waals surface area contributed by atoms with Crippen LogP contribution in [-0.4, -0.2) is 11.9 Å². The number of carbonyl (C=O) groups excluding carboxylic acids is 2. The summed E-state index contributed by atoms with van der Waals surface area (Å²) >= 11 is 0. The van der Waals surface area contributed by atoms with Crippen molar-refractivity contribution in [3.05, 3.63) is 12.2 Å². The van der Waals surface area contributed by atoms with Crippen LogP contribution in [-0.2, 0) is 14.3 Å². The molecule has 1 atom stereocenters. The molecule has 0 N–H and O–H groups in total. The Morgan fingerprint density at radius 3 is 2.73 bits per heavy atom. The van der Waals surface area contributed by atoms with Gasteiger partial charge in [-0.25, -0.2) is 0 Å². The molecule has 0 unspecified atom stereocenters. The SMILES string of the molecule is CCCCCC/C=C\[C@H]1CC(=O)OC1=O. The third-order valence-corrected chi connectivity index (χ3v) is 2.50. The van der Waals surface area contributed by atoms with Crippen molar-refractivity contribution >= 4 is 11.9 Å². The zero-order valence-corrected chi connectivity index (χ0v) is 9.20. The fraction of sp³-hybridized carbons (Fsp3) is 0.667. The summed E-state index contributed by atoms with van der Waals surface area (Å²) in [5, 5.41) is 0. The summed E-state index contributed by atoms with van der Waals surface area (Å²) in [7, 11) is 0. The smallest absolute Gasteiger partial charge is 0.321 e. The highest BCUT2D eigenvalue weighted by molar-refractivity contribution is 5.95. The zero-order valence-electron chi connectivity index (χ0n) is 9.20. The number of esters is 2. The molecule has 3 heteroatoms. The van der Waals surface area contributed by atoms with E-state index in [2.05, 4.69) is 11.7 Å². The van der Waals surface area contributed by atoms with Gasteiger partial charge in [-0.1, -0.05) is 38.3 Å². The van der Waals surface area contributed by atoms with E-state index in [0.717, 1.165) is 12.8 Å². The highest BCUT2D eigenvalue weighted by atomic mass is 16.6. The number of hydrogen-bond donors (Lipinski definition) is 0. The Labute approximate surface area is 90.5 Å². The van der Waals surface area contributed by atoms with Crippen molar-refractivity contribution in [3.63, 3.8) is 0 Å². The maximum absolute atomic E-state index is 11.1. The minimum absolute atomic E-state index is 0.213. The molecule has 3 nitrogen and oxygen atoms in total. The van der Waals surface area contributed by atoms with Crippen LogP contribution in [0.4, 0.5) is 0 Å². The molecule has 84 valence electrons. The molecule has 1 heterocycles. The Bertz CT molecular complexity index is 256. The molecule has 1 aliphatic heterocycles. The maximum atomic E-state index is 11.1. The summed E-state index contributed by atoms with van der Waals surface area (Å²) in [4.78, 5) is 21.8. The van der Waals surface area contributed by atoms with Crippen LogP contribution in [0.1, 0.15) is 45.4 Å². The first-order valence-electron chi connectivity index (χ1n) is 5.65. The van der Waals surface area contributed by atoms with E-state index < -0.39 is 11.9 Å². The Hall–Kier alpha value is -1.12. The van der Waals surface area contributed by atoms with Crippen molar-refractivity contribution in [1.82, 2.24) is 0 Å². The molecule has 15 heavy (non-hydrogen) atoms. The molecule has 0 aromatic rings. The van der Waals surface area contributed by atoms with Gasteiger partial charge in [0.1, 0.15) is 0 Å². The number of rotatable bonds is 6. The minimum Gasteiger partial charge on any atom is -0.393 e. The van der Waals surface area contributed by atoms with E-state index in [1.807, 2.05) is 6.08 Å². The lowest BCUT2D eigenvalue weighted by Gasteiger charge is -1.96. The second-order valence-electron chi connectivity index (χ2n) is 3.88. The molecule has 0 aliphatic carbocycles. The number of unbranched alkanes of at least 4 members (excludes halogenated alkanes) is 4. The fourth-order valence-corrected chi connectivity index (χ4v) is 1.59. The van der Waals surface area contributed by atoms with Gasteiger partial charge in [-0.05, 0) is 12.8 Å². The van der Waals surface area contributed by atoms with Crippen LogP contribution in [0.2, 0.25) is 0 Å². The Balaban J connectivity index is 2.15. The van der Waals surface area contributed by atoms with Crippen molar-refractivity contribution in [3.8, 4) is 0 Å². The van der Waals surface area contributed by atoms with Crippen molar-refractivity contribution in [2.24, 2.45) is 5.92 Å². The topological polar surface area (TPSA) is 43.4 Å². The van der Waals surface area contributed by atoms with Crippen LogP contribution in [0.5, 0.6) is 0 Å². The van der Waals surface area contributed by atoms with Crippen molar-refractivity contribution in [2.75, 3.05) is 0 Å². The van der Waals surface area contributed by atoms with Gasteiger partial charge in [-0.15, -0.1) is 0 Å². The van der Waals surface area contributed by atoms with Gasteiger partial charge < -0.3 is 4.74 Å². The van der Waals surface area contributed by atoms with Gasteiger partial charge in [-0.3, -0.25) is 9.59 Å². The Morgan fingerprint density at radius 2 is 2.13 bits per heavy atom. The summed E-state index contributed by atoms with van der Waals surface area (Å²) in [5.74, 6) is -1.13. The molecule has 1 aliphatic rings. The average molecular weight is 210 g/mol.